The van der Waals surface area contributed by atoms with E-state index in [1.807, 2.05) is 0 Å². The lowest BCUT2D eigenvalue weighted by Gasteiger charge is -2.37. The number of carbonyl (C=O) groups is 1. The lowest BCUT2D eigenvalue weighted by atomic mass is 9.69. The molecule has 0 aromatic heterocycles. The first-order valence-corrected chi connectivity index (χ1v) is 11.4. The number of hydrogen-bond acceptors (Lipinski definition) is 2. The number of ether oxygens (including phenoxy) is 1. The Hall–Kier alpha value is -0.530. The van der Waals surface area contributed by atoms with E-state index in [1.165, 1.54) is 77.0 Å². The summed E-state index contributed by atoms with van der Waals surface area (Å²) in [4.78, 5) is 12.6. The molecule has 0 heterocycles. The van der Waals surface area contributed by atoms with E-state index in [-0.39, 0.29) is 18.0 Å². The van der Waals surface area contributed by atoms with E-state index in [4.69, 9.17) is 4.74 Å². The van der Waals surface area contributed by atoms with Crippen LogP contribution in [0.3, 0.4) is 0 Å². The second-order valence-electron chi connectivity index (χ2n) is 9.34. The molecular formula is C23H40O2. The third-order valence-corrected chi connectivity index (χ3v) is 7.86. The van der Waals surface area contributed by atoms with Crippen molar-refractivity contribution in [1.82, 2.24) is 0 Å². The van der Waals surface area contributed by atoms with Crippen LogP contribution in [-0.2, 0) is 9.53 Å². The Morgan fingerprint density at radius 1 is 0.840 bits per heavy atom. The van der Waals surface area contributed by atoms with E-state index in [1.54, 1.807) is 0 Å². The quantitative estimate of drug-likeness (QED) is 0.529. The Morgan fingerprint density at radius 3 is 1.96 bits per heavy atom. The van der Waals surface area contributed by atoms with Crippen molar-refractivity contribution in [2.75, 3.05) is 0 Å². The average Bonchev–Trinajstić information content (AvgIpc) is 2.69. The molecule has 3 aliphatic carbocycles. The first-order chi connectivity index (χ1) is 12.2. The molecule has 3 aliphatic rings. The highest BCUT2D eigenvalue weighted by Crippen LogP contribution is 2.42. The predicted molar refractivity (Wildman–Crippen MR) is 103 cm³/mol. The zero-order valence-electron chi connectivity index (χ0n) is 16.7. The van der Waals surface area contributed by atoms with Gasteiger partial charge in [-0.05, 0) is 82.0 Å². The summed E-state index contributed by atoms with van der Waals surface area (Å²) >= 11 is 0. The highest BCUT2D eigenvalue weighted by atomic mass is 16.5. The lowest BCUT2D eigenvalue weighted by molar-refractivity contribution is -0.158. The van der Waals surface area contributed by atoms with Gasteiger partial charge in [-0.15, -0.1) is 0 Å². The smallest absolute Gasteiger partial charge is 0.309 e. The molecule has 1 unspecified atom stereocenters. The fraction of sp³-hybridized carbons (Fsp3) is 0.957. The summed E-state index contributed by atoms with van der Waals surface area (Å²) in [6.07, 6.45) is 18.5. The molecule has 3 rings (SSSR count). The van der Waals surface area contributed by atoms with Crippen molar-refractivity contribution in [3.63, 3.8) is 0 Å². The molecule has 0 aromatic rings. The van der Waals surface area contributed by atoms with Gasteiger partial charge in [0.2, 0.25) is 0 Å². The van der Waals surface area contributed by atoms with E-state index in [2.05, 4.69) is 13.8 Å². The van der Waals surface area contributed by atoms with Crippen LogP contribution in [0, 0.1) is 29.6 Å². The van der Waals surface area contributed by atoms with Crippen molar-refractivity contribution in [3.8, 4) is 0 Å². The van der Waals surface area contributed by atoms with Crippen LogP contribution in [0.2, 0.25) is 0 Å². The molecular weight excluding hydrogens is 308 g/mol. The summed E-state index contributed by atoms with van der Waals surface area (Å²) in [6.45, 7) is 4.47. The first kappa shape index (κ1) is 19.2. The second-order valence-corrected chi connectivity index (χ2v) is 9.34. The Labute approximate surface area is 155 Å². The minimum absolute atomic E-state index is 0.117. The summed E-state index contributed by atoms with van der Waals surface area (Å²) in [7, 11) is 0. The van der Waals surface area contributed by atoms with Crippen molar-refractivity contribution in [2.45, 2.75) is 110 Å². The van der Waals surface area contributed by atoms with Gasteiger partial charge in [0.1, 0.15) is 6.10 Å². The van der Waals surface area contributed by atoms with Gasteiger partial charge in [0.05, 0.1) is 5.92 Å². The topological polar surface area (TPSA) is 26.3 Å². The highest BCUT2D eigenvalue weighted by molar-refractivity contribution is 5.72. The molecule has 0 aliphatic heterocycles. The highest BCUT2D eigenvalue weighted by Gasteiger charge is 2.34. The molecule has 0 amide bonds. The van der Waals surface area contributed by atoms with Crippen LogP contribution in [0.5, 0.6) is 0 Å². The van der Waals surface area contributed by atoms with Gasteiger partial charge in [0.25, 0.3) is 0 Å². The van der Waals surface area contributed by atoms with Crippen LogP contribution in [0.25, 0.3) is 0 Å². The molecule has 1 atom stereocenters. The largest absolute Gasteiger partial charge is 0.462 e. The van der Waals surface area contributed by atoms with Crippen LogP contribution in [0.4, 0.5) is 0 Å². The Kier molecular flexibility index (Phi) is 7.25. The zero-order chi connectivity index (χ0) is 17.6. The maximum atomic E-state index is 12.6. The van der Waals surface area contributed by atoms with E-state index >= 15 is 0 Å². The number of rotatable bonds is 5. The molecule has 25 heavy (non-hydrogen) atoms. The summed E-state index contributed by atoms with van der Waals surface area (Å²) in [5.74, 6) is 3.74. The molecule has 0 N–H and O–H groups in total. The van der Waals surface area contributed by atoms with E-state index in [0.29, 0.717) is 5.92 Å². The molecule has 2 heteroatoms. The van der Waals surface area contributed by atoms with Gasteiger partial charge in [-0.25, -0.2) is 0 Å². The van der Waals surface area contributed by atoms with Gasteiger partial charge in [-0.2, -0.15) is 0 Å². The minimum atomic E-state index is 0.117. The molecule has 2 nitrogen and oxygen atoms in total. The molecule has 0 radical (unpaired) electrons. The molecule has 3 saturated carbocycles. The lowest BCUT2D eigenvalue weighted by Crippen LogP contribution is -2.32. The van der Waals surface area contributed by atoms with E-state index < -0.39 is 0 Å². The van der Waals surface area contributed by atoms with Gasteiger partial charge < -0.3 is 4.74 Å². The van der Waals surface area contributed by atoms with Gasteiger partial charge >= 0.3 is 5.97 Å². The summed E-state index contributed by atoms with van der Waals surface area (Å²) in [6, 6.07) is 0. The van der Waals surface area contributed by atoms with Crippen molar-refractivity contribution in [2.24, 2.45) is 29.6 Å². The van der Waals surface area contributed by atoms with Crippen molar-refractivity contribution in [1.29, 1.82) is 0 Å². The molecule has 0 saturated heterocycles. The third-order valence-electron chi connectivity index (χ3n) is 7.86. The average molecular weight is 349 g/mol. The monoisotopic (exact) mass is 348 g/mol. The molecule has 144 valence electrons. The summed E-state index contributed by atoms with van der Waals surface area (Å²) in [5, 5.41) is 0. The third kappa shape index (κ3) is 5.23. The first-order valence-electron chi connectivity index (χ1n) is 11.4. The van der Waals surface area contributed by atoms with Crippen LogP contribution in [0.1, 0.15) is 104 Å². The normalized spacial score (nSPS) is 35.9. The Bertz CT molecular complexity index is 396. The number of carbonyl (C=O) groups excluding carboxylic acids is 1. The van der Waals surface area contributed by atoms with E-state index in [0.717, 1.165) is 30.6 Å². The number of hydrogen-bond donors (Lipinski definition) is 0. The zero-order valence-corrected chi connectivity index (χ0v) is 16.7. The molecule has 0 spiro atoms. The van der Waals surface area contributed by atoms with Crippen molar-refractivity contribution in [3.05, 3.63) is 0 Å². The molecule has 0 bridgehead atoms. The molecule has 3 fully saturated rings. The van der Waals surface area contributed by atoms with Gasteiger partial charge in [-0.1, -0.05) is 45.4 Å². The van der Waals surface area contributed by atoms with E-state index in [9.17, 15) is 4.79 Å². The van der Waals surface area contributed by atoms with Crippen LogP contribution in [0.15, 0.2) is 0 Å². The maximum Gasteiger partial charge on any atom is 0.309 e. The van der Waals surface area contributed by atoms with Crippen LogP contribution < -0.4 is 0 Å². The Balaban J connectivity index is 1.38. The Morgan fingerprint density at radius 2 is 1.40 bits per heavy atom. The van der Waals surface area contributed by atoms with Crippen LogP contribution >= 0.6 is 0 Å². The standard InChI is InChI=1S/C23H40O2/c1-3-18-9-11-20(12-10-18)21-13-15-22(16-14-21)23(24)25-17(2)19-7-5-4-6-8-19/h17-22H,3-16H2,1-2H3. The van der Waals surface area contributed by atoms with Gasteiger partial charge in [-0.3, -0.25) is 4.79 Å². The molecule has 0 aromatic carbocycles. The van der Waals surface area contributed by atoms with Crippen molar-refractivity contribution < 1.29 is 9.53 Å². The second kappa shape index (κ2) is 9.42. The fourth-order valence-electron chi connectivity index (χ4n) is 5.87. The fourth-order valence-corrected chi connectivity index (χ4v) is 5.87. The minimum Gasteiger partial charge on any atom is -0.462 e. The van der Waals surface area contributed by atoms with Crippen LogP contribution in [-0.4, -0.2) is 12.1 Å². The summed E-state index contributed by atoms with van der Waals surface area (Å²) < 4.78 is 5.90. The maximum absolute atomic E-state index is 12.6. The van der Waals surface area contributed by atoms with Gasteiger partial charge in [0.15, 0.2) is 0 Å². The SMILES string of the molecule is CCC1CCC(C2CCC(C(=O)OC(C)C3CCCCC3)CC2)CC1. The predicted octanol–water partition coefficient (Wildman–Crippen LogP) is 6.52. The van der Waals surface area contributed by atoms with Crippen molar-refractivity contribution >= 4 is 5.97 Å². The summed E-state index contributed by atoms with van der Waals surface area (Å²) in [5.41, 5.74) is 0. The number of esters is 1. The van der Waals surface area contributed by atoms with Gasteiger partial charge in [0, 0.05) is 0 Å².